The first-order valence-corrected chi connectivity index (χ1v) is 13.4. The molecule has 0 aliphatic heterocycles. The van der Waals surface area contributed by atoms with Crippen LogP contribution in [-0.4, -0.2) is 43.8 Å². The molecule has 0 heterocycles. The number of methoxy groups -OCH3 is 2. The fraction of sp³-hybridized carbons (Fsp3) is 0.789. The van der Waals surface area contributed by atoms with E-state index in [0.29, 0.717) is 0 Å². The number of hydrogen-bond acceptors (Lipinski definition) is 2. The van der Waals surface area contributed by atoms with Crippen molar-refractivity contribution in [2.45, 2.75) is 36.0 Å². The van der Waals surface area contributed by atoms with Gasteiger partial charge in [-0.15, -0.1) is 46.4 Å². The van der Waals surface area contributed by atoms with Gasteiger partial charge < -0.3 is 9.47 Å². The number of halogens is 10. The molecule has 0 amide bonds. The van der Waals surface area contributed by atoms with Gasteiger partial charge in [0, 0.05) is 14.2 Å². The van der Waals surface area contributed by atoms with E-state index in [9.17, 15) is 0 Å². The van der Waals surface area contributed by atoms with Crippen molar-refractivity contribution >= 4 is 116 Å². The third-order valence-corrected chi connectivity index (χ3v) is 16.0. The molecule has 0 aromatic heterocycles. The molecule has 6 rings (SSSR count). The molecule has 2 nitrogen and oxygen atoms in total. The molecule has 0 aromatic carbocycles. The smallest absolute Gasteiger partial charge is 0.217 e. The van der Waals surface area contributed by atoms with E-state index in [2.05, 4.69) is 0 Å². The Hall–Kier alpha value is 2.30. The summed E-state index contributed by atoms with van der Waals surface area (Å²) in [6, 6.07) is 0. The van der Waals surface area contributed by atoms with E-state index in [0.717, 1.165) is 6.42 Å². The van der Waals surface area contributed by atoms with Crippen LogP contribution in [0.4, 0.5) is 0 Å². The topological polar surface area (TPSA) is 18.5 Å². The summed E-state index contributed by atoms with van der Waals surface area (Å²) in [5, 5.41) is 0.792. The molecule has 10 atom stereocenters. The van der Waals surface area contributed by atoms with Crippen molar-refractivity contribution in [2.75, 3.05) is 14.2 Å². The van der Waals surface area contributed by atoms with Crippen molar-refractivity contribution in [1.82, 2.24) is 0 Å². The minimum Gasteiger partial charge on any atom is -0.350 e. The molecule has 0 unspecified atom stereocenters. The first-order chi connectivity index (χ1) is 14.2. The molecule has 6 bridgehead atoms. The van der Waals surface area contributed by atoms with Crippen LogP contribution in [0.3, 0.4) is 0 Å². The zero-order valence-electron chi connectivity index (χ0n) is 15.8. The first-order valence-electron chi connectivity index (χ1n) is 9.59. The fourth-order valence-electron chi connectivity index (χ4n) is 8.44. The second kappa shape index (κ2) is 6.22. The van der Waals surface area contributed by atoms with Gasteiger partial charge in [-0.05, 0) is 41.9 Å². The lowest BCUT2D eigenvalue weighted by molar-refractivity contribution is -0.222. The molecule has 6 aliphatic rings. The third-order valence-electron chi connectivity index (χ3n) is 9.11. The lowest BCUT2D eigenvalue weighted by atomic mass is 9.61. The van der Waals surface area contributed by atoms with E-state index in [1.54, 1.807) is 0 Å². The Bertz CT molecular complexity index is 938. The highest BCUT2D eigenvalue weighted by Gasteiger charge is 2.95. The van der Waals surface area contributed by atoms with E-state index in [-0.39, 0.29) is 55.6 Å². The molecule has 0 N–H and O–H groups in total. The molecule has 172 valence electrons. The Balaban J connectivity index is 1.62. The van der Waals surface area contributed by atoms with Gasteiger partial charge in [-0.2, -0.15) is 0 Å². The van der Waals surface area contributed by atoms with Gasteiger partial charge in [0.25, 0.3) is 0 Å². The average Bonchev–Trinajstić information content (AvgIpc) is 3.43. The number of allylic oxidation sites excluding steroid dienone is 2. The molecule has 4 fully saturated rings. The van der Waals surface area contributed by atoms with Crippen molar-refractivity contribution in [2.24, 2.45) is 35.5 Å². The Morgan fingerprint density at radius 1 is 0.581 bits per heavy atom. The molecule has 0 aromatic rings. The predicted octanol–water partition coefficient (Wildman–Crippen LogP) is 7.61. The summed E-state index contributed by atoms with van der Waals surface area (Å²) in [4.78, 5) is -5.41. The zero-order chi connectivity index (χ0) is 22.9. The van der Waals surface area contributed by atoms with Crippen LogP contribution in [-0.2, 0) is 9.47 Å². The third kappa shape index (κ3) is 1.80. The molecule has 0 spiro atoms. The van der Waals surface area contributed by atoms with Gasteiger partial charge in [0.05, 0.1) is 20.1 Å². The average molecular weight is 629 g/mol. The normalized spacial score (nSPS) is 59.2. The quantitative estimate of drug-likeness (QED) is 0.178. The van der Waals surface area contributed by atoms with Crippen molar-refractivity contribution < 1.29 is 9.47 Å². The molecular formula is C19H14Cl10O2. The maximum atomic E-state index is 7.34. The molecule has 12 heteroatoms. The highest BCUT2D eigenvalue weighted by Crippen LogP contribution is 2.89. The number of rotatable bonds is 2. The van der Waals surface area contributed by atoms with E-state index in [1.165, 1.54) is 14.2 Å². The van der Waals surface area contributed by atoms with E-state index >= 15 is 0 Å². The van der Waals surface area contributed by atoms with Gasteiger partial charge in [-0.1, -0.05) is 69.6 Å². The Morgan fingerprint density at radius 3 is 1.19 bits per heavy atom. The summed E-state index contributed by atoms with van der Waals surface area (Å²) in [6.07, 6.45) is 0.729. The van der Waals surface area contributed by atoms with Gasteiger partial charge in [0.1, 0.15) is 19.5 Å². The highest BCUT2D eigenvalue weighted by molar-refractivity contribution is 6.65. The van der Waals surface area contributed by atoms with Gasteiger partial charge in [-0.3, -0.25) is 0 Å². The summed E-state index contributed by atoms with van der Waals surface area (Å²) in [5.74, 6) is -2.88. The zero-order valence-corrected chi connectivity index (χ0v) is 23.3. The summed E-state index contributed by atoms with van der Waals surface area (Å²) >= 11 is 69.4. The predicted molar refractivity (Wildman–Crippen MR) is 129 cm³/mol. The Labute approximate surface area is 229 Å². The van der Waals surface area contributed by atoms with Crippen molar-refractivity contribution in [3.63, 3.8) is 0 Å². The fourth-order valence-corrected chi connectivity index (χ4v) is 13.9. The molecule has 0 radical (unpaired) electrons. The van der Waals surface area contributed by atoms with Crippen molar-refractivity contribution in [3.05, 3.63) is 20.1 Å². The lowest BCUT2D eigenvalue weighted by Gasteiger charge is -2.49. The van der Waals surface area contributed by atoms with Crippen molar-refractivity contribution in [3.8, 4) is 0 Å². The number of fused-ring (bicyclic) bond motifs is 16. The first kappa shape index (κ1) is 23.7. The summed E-state index contributed by atoms with van der Waals surface area (Å²) < 4.78 is 10.2. The summed E-state index contributed by atoms with van der Waals surface area (Å²) in [5.41, 5.74) is 0. The van der Waals surface area contributed by atoms with E-state index < -0.39 is 29.6 Å². The molecular weight excluding hydrogens is 615 g/mol. The largest absolute Gasteiger partial charge is 0.350 e. The Kier molecular flexibility index (Phi) is 4.76. The molecule has 0 saturated heterocycles. The van der Waals surface area contributed by atoms with Crippen LogP contribution in [0.5, 0.6) is 0 Å². The summed E-state index contributed by atoms with van der Waals surface area (Å²) in [6.45, 7) is 0. The monoisotopic (exact) mass is 624 g/mol. The van der Waals surface area contributed by atoms with Gasteiger partial charge >= 0.3 is 0 Å². The number of hydrogen-bond donors (Lipinski definition) is 0. The Morgan fingerprint density at radius 2 is 0.871 bits per heavy atom. The molecule has 6 aliphatic carbocycles. The maximum absolute atomic E-state index is 7.34. The van der Waals surface area contributed by atoms with Crippen LogP contribution in [0.1, 0.15) is 6.42 Å². The second-order valence-electron chi connectivity index (χ2n) is 9.37. The van der Waals surface area contributed by atoms with E-state index in [1.807, 2.05) is 0 Å². The summed E-state index contributed by atoms with van der Waals surface area (Å²) in [7, 11) is 2.96. The lowest BCUT2D eigenvalue weighted by Crippen LogP contribution is -2.58. The van der Waals surface area contributed by atoms with Gasteiger partial charge in [0.15, 0.2) is 4.33 Å². The molecule has 4 saturated carbocycles. The van der Waals surface area contributed by atoms with Crippen LogP contribution in [0, 0.1) is 35.5 Å². The minimum atomic E-state index is -1.62. The van der Waals surface area contributed by atoms with Crippen molar-refractivity contribution in [1.29, 1.82) is 0 Å². The van der Waals surface area contributed by atoms with E-state index in [4.69, 9.17) is 125 Å². The van der Waals surface area contributed by atoms with Crippen LogP contribution >= 0.6 is 116 Å². The number of ether oxygens (including phenoxy) is 2. The molecule has 31 heavy (non-hydrogen) atoms. The van der Waals surface area contributed by atoms with Crippen LogP contribution < -0.4 is 0 Å². The van der Waals surface area contributed by atoms with Crippen LogP contribution in [0.15, 0.2) is 20.1 Å². The van der Waals surface area contributed by atoms with Crippen LogP contribution in [0.25, 0.3) is 0 Å². The minimum absolute atomic E-state index is 0.116. The van der Waals surface area contributed by atoms with Gasteiger partial charge in [0.2, 0.25) is 5.79 Å². The highest BCUT2D eigenvalue weighted by atomic mass is 35.5. The SMILES string of the molecule is COC1(OC)[C@@]2(Cl)C(Cl)=C(Cl)[C@]1(Cl)[C@@H]1[C@@H]3C[C@@H]([C@H]4[C@@H]3[C@@]3(Cl)C(Cl)=C(Cl)[C@]4(Cl)C3(Cl)Cl)[C@@H]12. The number of alkyl halides is 6. The van der Waals surface area contributed by atoms with Gasteiger partial charge in [-0.25, -0.2) is 0 Å². The maximum Gasteiger partial charge on any atom is 0.217 e. The second-order valence-corrected chi connectivity index (χ2v) is 14.6. The van der Waals surface area contributed by atoms with Crippen LogP contribution in [0.2, 0.25) is 0 Å². The standard InChI is InChI=1S/C19H14Cl10O2/c1-30-19(31-2)16(26)8-4-3-5(9(8)17(19,27)13(23)12(16)22)7-6(4)14(24)10(20)11(21)15(7,25)18(14,28)29/h4-9H,3H2,1-2H3/t4-,5+,6-,7+,8-,9+,14-,15+,16-,17+.